The van der Waals surface area contributed by atoms with Gasteiger partial charge in [0, 0.05) is 26.2 Å². The first-order valence-corrected chi connectivity index (χ1v) is 13.5. The Morgan fingerprint density at radius 2 is 1.78 bits per heavy atom. The molecule has 3 heterocycles. The molecule has 4 rings (SSSR count). The zero-order valence-electron chi connectivity index (χ0n) is 18.5. The van der Waals surface area contributed by atoms with Gasteiger partial charge in [-0.3, -0.25) is 9.69 Å². The van der Waals surface area contributed by atoms with Crippen molar-refractivity contribution >= 4 is 27.3 Å². The molecule has 9 heteroatoms. The number of nitrogens with zero attached hydrogens (tertiary/aromatic N) is 2. The van der Waals surface area contributed by atoms with Crippen LogP contribution in [0.5, 0.6) is 5.75 Å². The van der Waals surface area contributed by atoms with Crippen LogP contribution in [0.1, 0.15) is 40.9 Å². The smallest absolute Gasteiger partial charge is 0.262 e. The van der Waals surface area contributed by atoms with Crippen LogP contribution in [-0.2, 0) is 16.6 Å². The SMILES string of the molecule is COc1ccc(CN2CCC(CNC(=O)c3sccc3S(=O)(=O)N3CCCC3)CC2)cc1. The van der Waals surface area contributed by atoms with Crippen molar-refractivity contribution in [2.45, 2.75) is 37.1 Å². The van der Waals surface area contributed by atoms with Crippen LogP contribution < -0.4 is 10.1 Å². The average Bonchev–Trinajstić information content (AvgIpc) is 3.52. The molecule has 1 N–H and O–H groups in total. The molecule has 1 amide bonds. The van der Waals surface area contributed by atoms with Crippen molar-refractivity contribution in [3.05, 3.63) is 46.2 Å². The Morgan fingerprint density at radius 3 is 2.44 bits per heavy atom. The maximum absolute atomic E-state index is 12.9. The van der Waals surface area contributed by atoms with E-state index in [2.05, 4.69) is 22.3 Å². The first-order chi connectivity index (χ1) is 15.5. The highest BCUT2D eigenvalue weighted by Gasteiger charge is 2.32. The van der Waals surface area contributed by atoms with Gasteiger partial charge in [-0.1, -0.05) is 12.1 Å². The molecule has 174 valence electrons. The van der Waals surface area contributed by atoms with Crippen molar-refractivity contribution in [3.8, 4) is 5.75 Å². The van der Waals surface area contributed by atoms with Crippen LogP contribution in [0.3, 0.4) is 0 Å². The van der Waals surface area contributed by atoms with E-state index in [0.717, 1.165) is 51.1 Å². The van der Waals surface area contributed by atoms with Crippen LogP contribution in [0, 0.1) is 5.92 Å². The van der Waals surface area contributed by atoms with E-state index in [4.69, 9.17) is 4.74 Å². The minimum Gasteiger partial charge on any atom is -0.497 e. The topological polar surface area (TPSA) is 79.0 Å². The van der Waals surface area contributed by atoms with E-state index in [9.17, 15) is 13.2 Å². The van der Waals surface area contributed by atoms with Gasteiger partial charge in [-0.25, -0.2) is 8.42 Å². The van der Waals surface area contributed by atoms with E-state index < -0.39 is 10.0 Å². The van der Waals surface area contributed by atoms with Gasteiger partial charge < -0.3 is 10.1 Å². The number of hydrogen-bond donors (Lipinski definition) is 1. The number of likely N-dealkylation sites (tertiary alicyclic amines) is 1. The molecule has 2 fully saturated rings. The average molecular weight is 478 g/mol. The Kier molecular flexibility index (Phi) is 7.50. The molecule has 0 saturated carbocycles. The molecule has 7 nitrogen and oxygen atoms in total. The predicted molar refractivity (Wildman–Crippen MR) is 126 cm³/mol. The standard InChI is InChI=1S/C23H31N3O4S2/c1-30-20-6-4-19(5-7-20)17-25-13-8-18(9-14-25)16-24-23(27)22-21(10-15-31-22)32(28,29)26-11-2-3-12-26/h4-7,10,15,18H,2-3,8-9,11-14,16-17H2,1H3,(H,24,27). The summed E-state index contributed by atoms with van der Waals surface area (Å²) in [6, 6.07) is 9.73. The second-order valence-electron chi connectivity index (χ2n) is 8.50. The number of piperidine rings is 1. The molecule has 32 heavy (non-hydrogen) atoms. The third-order valence-electron chi connectivity index (χ3n) is 6.34. The summed E-state index contributed by atoms with van der Waals surface area (Å²) in [6.45, 7) is 4.54. The number of amides is 1. The lowest BCUT2D eigenvalue weighted by molar-refractivity contribution is 0.0936. The quantitative estimate of drug-likeness (QED) is 0.632. The highest BCUT2D eigenvalue weighted by atomic mass is 32.2. The van der Waals surface area contributed by atoms with E-state index >= 15 is 0 Å². The zero-order chi connectivity index (χ0) is 22.6. The fourth-order valence-electron chi connectivity index (χ4n) is 4.39. The summed E-state index contributed by atoms with van der Waals surface area (Å²) >= 11 is 1.20. The van der Waals surface area contributed by atoms with Crippen molar-refractivity contribution in [1.29, 1.82) is 0 Å². The van der Waals surface area contributed by atoms with Gasteiger partial charge in [0.2, 0.25) is 10.0 Å². The van der Waals surface area contributed by atoms with E-state index in [-0.39, 0.29) is 10.8 Å². The normalized spacial score (nSPS) is 18.7. The van der Waals surface area contributed by atoms with Crippen LogP contribution >= 0.6 is 11.3 Å². The number of methoxy groups -OCH3 is 1. The van der Waals surface area contributed by atoms with Crippen molar-refractivity contribution in [2.75, 3.05) is 39.8 Å². The molecule has 0 radical (unpaired) electrons. The number of benzene rings is 1. The van der Waals surface area contributed by atoms with Crippen molar-refractivity contribution in [1.82, 2.24) is 14.5 Å². The number of sulfonamides is 1. The zero-order valence-corrected chi connectivity index (χ0v) is 20.1. The molecule has 0 bridgehead atoms. The summed E-state index contributed by atoms with van der Waals surface area (Å²) in [6.07, 6.45) is 3.78. The Bertz CT molecular complexity index is 1010. The van der Waals surface area contributed by atoms with E-state index in [1.54, 1.807) is 18.6 Å². The molecule has 2 saturated heterocycles. The maximum Gasteiger partial charge on any atom is 0.262 e. The van der Waals surface area contributed by atoms with Crippen LogP contribution in [0.15, 0.2) is 40.6 Å². The minimum absolute atomic E-state index is 0.149. The first-order valence-electron chi connectivity index (χ1n) is 11.2. The molecular formula is C23H31N3O4S2. The number of carbonyl (C=O) groups excluding carboxylic acids is 1. The van der Waals surface area contributed by atoms with E-state index in [1.807, 2.05) is 12.1 Å². The van der Waals surface area contributed by atoms with Gasteiger partial charge in [-0.05, 0) is 73.8 Å². The lowest BCUT2D eigenvalue weighted by atomic mass is 9.96. The first kappa shape index (κ1) is 23.2. The molecule has 1 aromatic heterocycles. The minimum atomic E-state index is -3.59. The number of nitrogens with one attached hydrogen (secondary N) is 1. The number of carbonyl (C=O) groups is 1. The summed E-state index contributed by atoms with van der Waals surface area (Å²) in [5.74, 6) is 0.994. The molecular weight excluding hydrogens is 446 g/mol. The van der Waals surface area contributed by atoms with Gasteiger partial charge in [-0.15, -0.1) is 11.3 Å². The molecule has 0 atom stereocenters. The molecule has 2 aliphatic rings. The second kappa shape index (κ2) is 10.3. The summed E-state index contributed by atoms with van der Waals surface area (Å²) in [5.41, 5.74) is 1.27. The van der Waals surface area contributed by atoms with Crippen LogP contribution in [0.25, 0.3) is 0 Å². The lowest BCUT2D eigenvalue weighted by Crippen LogP contribution is -2.38. The monoisotopic (exact) mass is 477 g/mol. The molecule has 0 unspecified atom stereocenters. The Morgan fingerprint density at radius 1 is 1.09 bits per heavy atom. The Labute approximate surface area is 194 Å². The van der Waals surface area contributed by atoms with Crippen LogP contribution in [-0.4, -0.2) is 63.4 Å². The van der Waals surface area contributed by atoms with Gasteiger partial charge in [-0.2, -0.15) is 4.31 Å². The molecule has 0 aliphatic carbocycles. The van der Waals surface area contributed by atoms with Gasteiger partial charge in [0.25, 0.3) is 5.91 Å². The highest BCUT2D eigenvalue weighted by molar-refractivity contribution is 7.89. The lowest BCUT2D eigenvalue weighted by Gasteiger charge is -2.32. The maximum atomic E-state index is 12.9. The third kappa shape index (κ3) is 5.33. The number of ether oxygens (including phenoxy) is 1. The third-order valence-corrected chi connectivity index (χ3v) is 9.33. The number of rotatable bonds is 8. The number of thiophene rings is 1. The molecule has 0 spiro atoms. The fourth-order valence-corrected chi connectivity index (χ4v) is 7.22. The summed E-state index contributed by atoms with van der Waals surface area (Å²) in [5, 5.41) is 4.68. The van der Waals surface area contributed by atoms with Crippen LogP contribution in [0.4, 0.5) is 0 Å². The summed E-state index contributed by atoms with van der Waals surface area (Å²) in [7, 11) is -1.92. The second-order valence-corrected chi connectivity index (χ2v) is 11.3. The van der Waals surface area contributed by atoms with Crippen molar-refractivity contribution in [2.24, 2.45) is 5.92 Å². The summed E-state index contributed by atoms with van der Waals surface area (Å²) in [4.78, 5) is 15.7. The number of hydrogen-bond acceptors (Lipinski definition) is 6. The van der Waals surface area contributed by atoms with Gasteiger partial charge in [0.15, 0.2) is 0 Å². The van der Waals surface area contributed by atoms with Gasteiger partial charge >= 0.3 is 0 Å². The Balaban J connectivity index is 1.26. The van der Waals surface area contributed by atoms with E-state index in [0.29, 0.717) is 30.4 Å². The highest BCUT2D eigenvalue weighted by Crippen LogP contribution is 2.28. The largest absolute Gasteiger partial charge is 0.497 e. The molecule has 2 aromatic rings. The van der Waals surface area contributed by atoms with Crippen molar-refractivity contribution in [3.63, 3.8) is 0 Å². The Hall–Kier alpha value is -1.94. The molecule has 2 aliphatic heterocycles. The molecule has 1 aromatic carbocycles. The predicted octanol–water partition coefficient (Wildman–Crippen LogP) is 3.18. The fraction of sp³-hybridized carbons (Fsp3) is 0.522. The van der Waals surface area contributed by atoms with Crippen molar-refractivity contribution < 1.29 is 17.9 Å². The van der Waals surface area contributed by atoms with Gasteiger partial charge in [0.1, 0.15) is 15.5 Å². The van der Waals surface area contributed by atoms with Gasteiger partial charge in [0.05, 0.1) is 7.11 Å². The van der Waals surface area contributed by atoms with E-state index in [1.165, 1.54) is 21.2 Å². The van der Waals surface area contributed by atoms with Crippen LogP contribution in [0.2, 0.25) is 0 Å². The summed E-state index contributed by atoms with van der Waals surface area (Å²) < 4.78 is 32.5.